The van der Waals surface area contributed by atoms with Crippen LogP contribution in [0.3, 0.4) is 0 Å². The lowest BCUT2D eigenvalue weighted by molar-refractivity contribution is 0.0630. The van der Waals surface area contributed by atoms with Crippen LogP contribution in [0.2, 0.25) is 0 Å². The van der Waals surface area contributed by atoms with Crippen molar-refractivity contribution < 1.29 is 5.11 Å². The summed E-state index contributed by atoms with van der Waals surface area (Å²) in [7, 11) is 0. The van der Waals surface area contributed by atoms with Crippen molar-refractivity contribution in [1.82, 2.24) is 0 Å². The van der Waals surface area contributed by atoms with Crippen LogP contribution in [-0.4, -0.2) is 5.11 Å². The van der Waals surface area contributed by atoms with E-state index in [1.165, 1.54) is 0 Å². The first-order valence-electron chi connectivity index (χ1n) is 4.08. The molecule has 0 heterocycles. The largest absolute Gasteiger partial charge is 0.399 e. The van der Waals surface area contributed by atoms with Gasteiger partial charge < -0.3 is 10.8 Å². The summed E-state index contributed by atoms with van der Waals surface area (Å²) in [5, 5.41) is 9.91. The fraction of sp³-hybridized carbons (Fsp3) is 0.273. The van der Waals surface area contributed by atoms with Gasteiger partial charge in [0.1, 0.15) is 0 Å². The summed E-state index contributed by atoms with van der Waals surface area (Å²) in [4.78, 5) is 0. The van der Waals surface area contributed by atoms with Crippen LogP contribution >= 0.6 is 0 Å². The maximum Gasteiger partial charge on any atom is 0.0977 e. The second-order valence-corrected chi connectivity index (χ2v) is 3.28. The van der Waals surface area contributed by atoms with Crippen molar-refractivity contribution in [3.8, 4) is 12.3 Å². The van der Waals surface area contributed by atoms with Crippen molar-refractivity contribution in [2.75, 3.05) is 5.73 Å². The Kier molecular flexibility index (Phi) is 2.60. The highest BCUT2D eigenvalue weighted by Crippen LogP contribution is 2.24. The standard InChI is InChI=1S/C11H13NO/c1-3-7-11(2,13)9-5-4-6-10(12)8-9/h1,4-6,8,13H,7,12H2,2H3. The lowest BCUT2D eigenvalue weighted by Crippen LogP contribution is -2.20. The van der Waals surface area contributed by atoms with Crippen molar-refractivity contribution in [3.05, 3.63) is 29.8 Å². The van der Waals surface area contributed by atoms with E-state index in [1.807, 2.05) is 6.07 Å². The van der Waals surface area contributed by atoms with E-state index in [0.29, 0.717) is 5.69 Å². The van der Waals surface area contributed by atoms with Crippen molar-refractivity contribution in [2.45, 2.75) is 18.9 Å². The van der Waals surface area contributed by atoms with Gasteiger partial charge in [-0.1, -0.05) is 12.1 Å². The zero-order valence-corrected chi connectivity index (χ0v) is 7.62. The summed E-state index contributed by atoms with van der Waals surface area (Å²) in [5.41, 5.74) is 6.00. The molecule has 0 fully saturated rings. The van der Waals surface area contributed by atoms with E-state index in [9.17, 15) is 5.11 Å². The van der Waals surface area contributed by atoms with Crippen LogP contribution in [0.1, 0.15) is 18.9 Å². The molecule has 1 aromatic rings. The van der Waals surface area contributed by atoms with Crippen LogP contribution in [0, 0.1) is 12.3 Å². The molecule has 68 valence electrons. The lowest BCUT2D eigenvalue weighted by atomic mass is 9.93. The van der Waals surface area contributed by atoms with Crippen LogP contribution in [0.4, 0.5) is 5.69 Å². The van der Waals surface area contributed by atoms with Gasteiger partial charge in [-0.25, -0.2) is 0 Å². The van der Waals surface area contributed by atoms with Crippen molar-refractivity contribution in [1.29, 1.82) is 0 Å². The second kappa shape index (κ2) is 3.51. The summed E-state index contributed by atoms with van der Waals surface area (Å²) in [5.74, 6) is 2.44. The predicted octanol–water partition coefficient (Wildman–Crippen LogP) is 1.50. The third-order valence-corrected chi connectivity index (χ3v) is 1.95. The van der Waals surface area contributed by atoms with Crippen LogP contribution < -0.4 is 5.73 Å². The van der Waals surface area contributed by atoms with Gasteiger partial charge in [0.05, 0.1) is 5.60 Å². The number of terminal acetylenes is 1. The number of aliphatic hydroxyl groups is 1. The van der Waals surface area contributed by atoms with Crippen LogP contribution in [0.25, 0.3) is 0 Å². The van der Waals surface area contributed by atoms with Gasteiger partial charge in [0.25, 0.3) is 0 Å². The molecule has 0 spiro atoms. The molecule has 2 nitrogen and oxygen atoms in total. The SMILES string of the molecule is C#CCC(C)(O)c1cccc(N)c1. The molecule has 3 N–H and O–H groups in total. The monoisotopic (exact) mass is 175 g/mol. The Morgan fingerprint density at radius 1 is 1.62 bits per heavy atom. The van der Waals surface area contributed by atoms with E-state index in [4.69, 9.17) is 12.2 Å². The first kappa shape index (κ1) is 9.63. The van der Waals surface area contributed by atoms with E-state index in [2.05, 4.69) is 5.92 Å². The van der Waals surface area contributed by atoms with E-state index in [-0.39, 0.29) is 6.42 Å². The van der Waals surface area contributed by atoms with Crippen LogP contribution in [-0.2, 0) is 5.60 Å². The molecule has 0 aromatic heterocycles. The maximum atomic E-state index is 9.91. The molecule has 1 unspecified atom stereocenters. The molecule has 0 aliphatic heterocycles. The Morgan fingerprint density at radius 2 is 2.31 bits per heavy atom. The fourth-order valence-electron chi connectivity index (χ4n) is 1.17. The summed E-state index contributed by atoms with van der Waals surface area (Å²) in [6.07, 6.45) is 5.44. The molecule has 1 aromatic carbocycles. The predicted molar refractivity (Wildman–Crippen MR) is 53.9 cm³/mol. The van der Waals surface area contributed by atoms with Crippen molar-refractivity contribution >= 4 is 5.69 Å². The fourth-order valence-corrected chi connectivity index (χ4v) is 1.17. The van der Waals surface area contributed by atoms with Gasteiger partial charge in [0, 0.05) is 12.1 Å². The van der Waals surface area contributed by atoms with Gasteiger partial charge in [-0.3, -0.25) is 0 Å². The minimum atomic E-state index is -0.982. The molecule has 1 atom stereocenters. The zero-order chi connectivity index (χ0) is 9.90. The van der Waals surface area contributed by atoms with Gasteiger partial charge in [-0.15, -0.1) is 12.3 Å². The Hall–Kier alpha value is -1.46. The highest BCUT2D eigenvalue weighted by molar-refractivity contribution is 5.42. The molecule has 1 rings (SSSR count). The molecule has 0 radical (unpaired) electrons. The van der Waals surface area contributed by atoms with Gasteiger partial charge in [-0.2, -0.15) is 0 Å². The molecule has 0 amide bonds. The summed E-state index contributed by atoms with van der Waals surface area (Å²) < 4.78 is 0. The van der Waals surface area contributed by atoms with Gasteiger partial charge in [-0.05, 0) is 24.6 Å². The zero-order valence-electron chi connectivity index (χ0n) is 7.62. The maximum absolute atomic E-state index is 9.91. The molecule has 0 saturated carbocycles. The van der Waals surface area contributed by atoms with Gasteiger partial charge in [0.2, 0.25) is 0 Å². The van der Waals surface area contributed by atoms with Gasteiger partial charge >= 0.3 is 0 Å². The molecule has 2 heteroatoms. The first-order valence-corrected chi connectivity index (χ1v) is 4.08. The molecule has 0 aliphatic carbocycles. The van der Waals surface area contributed by atoms with Crippen molar-refractivity contribution in [2.24, 2.45) is 0 Å². The molecule has 0 saturated heterocycles. The first-order chi connectivity index (χ1) is 6.06. The number of anilines is 1. The normalized spacial score (nSPS) is 14.5. The summed E-state index contributed by atoms with van der Waals surface area (Å²) >= 11 is 0. The van der Waals surface area contributed by atoms with E-state index in [1.54, 1.807) is 25.1 Å². The Balaban J connectivity index is 3.01. The quantitative estimate of drug-likeness (QED) is 0.528. The Bertz CT molecular complexity index is 336. The van der Waals surface area contributed by atoms with E-state index >= 15 is 0 Å². The van der Waals surface area contributed by atoms with Crippen LogP contribution in [0.15, 0.2) is 24.3 Å². The summed E-state index contributed by atoms with van der Waals surface area (Å²) in [6, 6.07) is 7.12. The number of benzene rings is 1. The topological polar surface area (TPSA) is 46.2 Å². The van der Waals surface area contributed by atoms with E-state index in [0.717, 1.165) is 5.56 Å². The molecular weight excluding hydrogens is 162 g/mol. The Labute approximate surface area is 78.4 Å². The molecule has 0 bridgehead atoms. The number of nitrogen functional groups attached to an aromatic ring is 1. The second-order valence-electron chi connectivity index (χ2n) is 3.28. The summed E-state index contributed by atoms with van der Waals surface area (Å²) in [6.45, 7) is 1.68. The number of hydrogen-bond acceptors (Lipinski definition) is 2. The lowest BCUT2D eigenvalue weighted by Gasteiger charge is -2.21. The molecule has 0 aliphatic rings. The smallest absolute Gasteiger partial charge is 0.0977 e. The highest BCUT2D eigenvalue weighted by Gasteiger charge is 2.21. The Morgan fingerprint density at radius 3 is 2.85 bits per heavy atom. The minimum Gasteiger partial charge on any atom is -0.399 e. The number of rotatable bonds is 2. The molecule has 13 heavy (non-hydrogen) atoms. The van der Waals surface area contributed by atoms with Crippen molar-refractivity contribution in [3.63, 3.8) is 0 Å². The highest BCUT2D eigenvalue weighted by atomic mass is 16.3. The van der Waals surface area contributed by atoms with E-state index < -0.39 is 5.60 Å². The van der Waals surface area contributed by atoms with Crippen LogP contribution in [0.5, 0.6) is 0 Å². The minimum absolute atomic E-state index is 0.288. The third kappa shape index (κ3) is 2.24. The number of nitrogens with two attached hydrogens (primary N) is 1. The molecular formula is C11H13NO. The number of hydrogen-bond donors (Lipinski definition) is 2. The third-order valence-electron chi connectivity index (χ3n) is 1.95. The average Bonchev–Trinajstić information content (AvgIpc) is 2.04. The average molecular weight is 175 g/mol. The van der Waals surface area contributed by atoms with Gasteiger partial charge in [0.15, 0.2) is 0 Å².